The van der Waals surface area contributed by atoms with Crippen molar-refractivity contribution in [1.29, 1.82) is 0 Å². The molecule has 0 aliphatic rings. The molecule has 0 aliphatic carbocycles. The van der Waals surface area contributed by atoms with Crippen LogP contribution in [0.4, 0.5) is 0 Å². The van der Waals surface area contributed by atoms with E-state index in [1.807, 2.05) is 0 Å². The minimum absolute atomic E-state index is 0.108. The van der Waals surface area contributed by atoms with Crippen molar-refractivity contribution in [2.24, 2.45) is 11.8 Å². The number of phosphoric ester groups is 2. The lowest BCUT2D eigenvalue weighted by Crippen LogP contribution is -2.30. The maximum absolute atomic E-state index is 13.1. The Morgan fingerprint density at radius 1 is 0.262 bits per heavy atom. The van der Waals surface area contributed by atoms with Crippen LogP contribution in [0.1, 0.15) is 446 Å². The van der Waals surface area contributed by atoms with E-state index in [0.29, 0.717) is 25.7 Å². The van der Waals surface area contributed by atoms with Crippen molar-refractivity contribution in [3.8, 4) is 0 Å². The van der Waals surface area contributed by atoms with Crippen LogP contribution in [-0.2, 0) is 65.4 Å². The third-order valence-electron chi connectivity index (χ3n) is 19.7. The zero-order chi connectivity index (χ0) is 75.6. The van der Waals surface area contributed by atoms with Crippen molar-refractivity contribution in [2.45, 2.75) is 464 Å². The Morgan fingerprint density at radius 2 is 0.447 bits per heavy atom. The molecule has 3 N–H and O–H groups in total. The van der Waals surface area contributed by atoms with Gasteiger partial charge in [0.25, 0.3) is 0 Å². The van der Waals surface area contributed by atoms with E-state index in [2.05, 4.69) is 41.5 Å². The lowest BCUT2D eigenvalue weighted by Gasteiger charge is -2.21. The molecule has 2 unspecified atom stereocenters. The Bertz CT molecular complexity index is 1980. The van der Waals surface area contributed by atoms with Crippen LogP contribution >= 0.6 is 15.6 Å². The number of aliphatic hydroxyl groups excluding tert-OH is 1. The summed E-state index contributed by atoms with van der Waals surface area (Å²) in [6, 6.07) is 0. The number of phosphoric acid groups is 2. The van der Waals surface area contributed by atoms with Gasteiger partial charge in [0.2, 0.25) is 0 Å². The van der Waals surface area contributed by atoms with Crippen LogP contribution in [0, 0.1) is 11.8 Å². The fraction of sp³-hybridized carbons (Fsp3) is 0.952. The molecule has 17 nitrogen and oxygen atoms in total. The summed E-state index contributed by atoms with van der Waals surface area (Å²) in [5, 5.41) is 10.7. The molecular formula is C84H164O17P2. The van der Waals surface area contributed by atoms with Crippen LogP contribution < -0.4 is 0 Å². The second-order valence-electron chi connectivity index (χ2n) is 31.2. The van der Waals surface area contributed by atoms with Crippen LogP contribution in [0.15, 0.2) is 0 Å². The van der Waals surface area contributed by atoms with E-state index in [-0.39, 0.29) is 25.7 Å². The number of ether oxygens (including phenoxy) is 4. The number of carbonyl (C=O) groups is 4. The standard InChI is InChI=1S/C84H164O17P2/c1-7-9-11-13-15-17-19-21-23-24-28-32-35-42-48-54-60-66-81(86)94-72-79(100-84(89)69-63-57-51-45-37-33-29-26-25-27-30-34-40-46-52-58-64-76(3)4)74-98-102(90,91)96-70-78(85)71-97-103(92,93)99-75-80(73-95-82(87)67-61-55-49-43-39-38-41-47-53-59-65-77(5)6)101-83(88)68-62-56-50-44-36-31-22-20-18-16-14-12-10-8-2/h76-80,85H,7-75H2,1-6H3,(H,90,91)(H,92,93)/t78-,79-,80-/m1/s1. The highest BCUT2D eigenvalue weighted by Gasteiger charge is 2.30. The third kappa shape index (κ3) is 78.0. The topological polar surface area (TPSA) is 237 Å². The van der Waals surface area contributed by atoms with Crippen LogP contribution in [0.3, 0.4) is 0 Å². The number of aliphatic hydroxyl groups is 1. The average Bonchev–Trinajstić information content (AvgIpc) is 0.918. The summed E-state index contributed by atoms with van der Waals surface area (Å²) in [6.07, 6.45) is 66.5. The molecule has 0 bridgehead atoms. The number of esters is 4. The van der Waals surface area contributed by atoms with Gasteiger partial charge < -0.3 is 33.8 Å². The minimum atomic E-state index is -4.96. The van der Waals surface area contributed by atoms with Crippen molar-refractivity contribution in [3.63, 3.8) is 0 Å². The van der Waals surface area contributed by atoms with Crippen molar-refractivity contribution in [2.75, 3.05) is 39.6 Å². The molecule has 0 aromatic carbocycles. The molecule has 5 atom stereocenters. The molecule has 0 amide bonds. The zero-order valence-corrected chi connectivity index (χ0v) is 69.4. The largest absolute Gasteiger partial charge is 0.472 e. The van der Waals surface area contributed by atoms with E-state index in [9.17, 15) is 43.2 Å². The van der Waals surface area contributed by atoms with Gasteiger partial charge in [0.1, 0.15) is 19.3 Å². The number of unbranched alkanes of at least 4 members (excludes halogenated alkanes) is 53. The van der Waals surface area contributed by atoms with Gasteiger partial charge in [0, 0.05) is 25.7 Å². The summed E-state index contributed by atoms with van der Waals surface area (Å²) in [4.78, 5) is 73.2. The molecule has 0 saturated heterocycles. The summed E-state index contributed by atoms with van der Waals surface area (Å²) in [5.74, 6) is -0.534. The fourth-order valence-electron chi connectivity index (χ4n) is 13.1. The molecule has 0 rings (SSSR count). The van der Waals surface area contributed by atoms with Gasteiger partial charge in [-0.3, -0.25) is 37.3 Å². The molecule has 0 fully saturated rings. The van der Waals surface area contributed by atoms with Crippen LogP contribution in [0.5, 0.6) is 0 Å². The van der Waals surface area contributed by atoms with E-state index in [1.54, 1.807) is 0 Å². The van der Waals surface area contributed by atoms with Gasteiger partial charge in [0.15, 0.2) is 12.2 Å². The summed E-state index contributed by atoms with van der Waals surface area (Å²) < 4.78 is 68.9. The Balaban J connectivity index is 5.26. The maximum Gasteiger partial charge on any atom is 0.472 e. The Kier molecular flexibility index (Phi) is 74.1. The normalized spacial score (nSPS) is 13.9. The Morgan fingerprint density at radius 3 is 0.660 bits per heavy atom. The molecule has 103 heavy (non-hydrogen) atoms. The highest BCUT2D eigenvalue weighted by molar-refractivity contribution is 7.47. The van der Waals surface area contributed by atoms with Gasteiger partial charge in [-0.05, 0) is 37.5 Å². The Labute approximate surface area is 632 Å². The van der Waals surface area contributed by atoms with Crippen molar-refractivity contribution < 1.29 is 80.2 Å². The highest BCUT2D eigenvalue weighted by atomic mass is 31.2. The number of hydrogen-bond acceptors (Lipinski definition) is 15. The van der Waals surface area contributed by atoms with Crippen LogP contribution in [0.25, 0.3) is 0 Å². The summed E-state index contributed by atoms with van der Waals surface area (Å²) in [6.45, 7) is 9.69. The smallest absolute Gasteiger partial charge is 0.462 e. The van der Waals surface area contributed by atoms with Crippen molar-refractivity contribution in [3.05, 3.63) is 0 Å². The number of hydrogen-bond donors (Lipinski definition) is 3. The highest BCUT2D eigenvalue weighted by Crippen LogP contribution is 2.45. The van der Waals surface area contributed by atoms with Crippen LogP contribution in [0.2, 0.25) is 0 Å². The summed E-state index contributed by atoms with van der Waals surface area (Å²) in [5.41, 5.74) is 0. The average molecular weight is 1510 g/mol. The predicted molar refractivity (Wildman–Crippen MR) is 423 cm³/mol. The molecule has 612 valence electrons. The van der Waals surface area contributed by atoms with E-state index in [4.69, 9.17) is 37.0 Å². The number of rotatable bonds is 83. The Hall–Kier alpha value is -1.94. The third-order valence-corrected chi connectivity index (χ3v) is 21.6. The van der Waals surface area contributed by atoms with E-state index in [1.165, 1.54) is 263 Å². The van der Waals surface area contributed by atoms with Crippen molar-refractivity contribution in [1.82, 2.24) is 0 Å². The molecule has 0 spiro atoms. The molecule has 0 aromatic rings. The molecule has 0 aromatic heterocycles. The minimum Gasteiger partial charge on any atom is -0.462 e. The lowest BCUT2D eigenvalue weighted by atomic mass is 10.0. The molecule has 0 aliphatic heterocycles. The van der Waals surface area contributed by atoms with E-state index >= 15 is 0 Å². The van der Waals surface area contributed by atoms with Gasteiger partial charge in [-0.1, -0.05) is 395 Å². The van der Waals surface area contributed by atoms with Gasteiger partial charge in [-0.25, -0.2) is 9.13 Å². The maximum atomic E-state index is 13.1. The SMILES string of the molecule is CCCCCCCCCCCCCCCCCCCC(=O)OC[C@H](COP(=O)(O)OC[C@@H](O)COP(=O)(O)OC[C@@H](COC(=O)CCCCCCCCCCCCC(C)C)OC(=O)CCCCCCCCCCCCCCCC)OC(=O)CCCCCCCCCCCCCCCCCCC(C)C. The van der Waals surface area contributed by atoms with Gasteiger partial charge in [-0.15, -0.1) is 0 Å². The second-order valence-corrected chi connectivity index (χ2v) is 34.1. The lowest BCUT2D eigenvalue weighted by molar-refractivity contribution is -0.161. The molecule has 0 saturated carbocycles. The molecule has 0 heterocycles. The first kappa shape index (κ1) is 101. The second kappa shape index (κ2) is 75.5. The van der Waals surface area contributed by atoms with Gasteiger partial charge in [-0.2, -0.15) is 0 Å². The summed E-state index contributed by atoms with van der Waals surface area (Å²) in [7, 11) is -9.93. The zero-order valence-electron chi connectivity index (χ0n) is 67.6. The van der Waals surface area contributed by atoms with Crippen LogP contribution in [-0.4, -0.2) is 96.7 Å². The first-order valence-corrected chi connectivity index (χ1v) is 46.5. The quantitative estimate of drug-likeness (QED) is 0.0222. The molecular weight excluding hydrogens is 1340 g/mol. The van der Waals surface area contributed by atoms with E-state index in [0.717, 1.165) is 102 Å². The van der Waals surface area contributed by atoms with E-state index < -0.39 is 97.5 Å². The predicted octanol–water partition coefficient (Wildman–Crippen LogP) is 25.5. The molecule has 0 radical (unpaired) electrons. The fourth-order valence-corrected chi connectivity index (χ4v) is 14.6. The van der Waals surface area contributed by atoms with Gasteiger partial charge in [0.05, 0.1) is 26.4 Å². The first-order chi connectivity index (χ1) is 49.9. The van der Waals surface area contributed by atoms with Gasteiger partial charge >= 0.3 is 39.5 Å². The van der Waals surface area contributed by atoms with Crippen molar-refractivity contribution >= 4 is 39.5 Å². The first-order valence-electron chi connectivity index (χ1n) is 43.5. The summed E-state index contributed by atoms with van der Waals surface area (Å²) >= 11 is 0. The number of carbonyl (C=O) groups excluding carboxylic acids is 4. The monoisotopic (exact) mass is 1510 g/mol. The molecule has 19 heteroatoms.